The van der Waals surface area contributed by atoms with Gasteiger partial charge in [0.2, 0.25) is 5.88 Å². The number of methoxy groups -OCH3 is 1. The highest BCUT2D eigenvalue weighted by molar-refractivity contribution is 8.27. The molecule has 0 saturated carbocycles. The molecule has 1 heterocycles. The van der Waals surface area contributed by atoms with Gasteiger partial charge in [-0.05, 0) is 43.7 Å². The number of aromatic nitrogens is 1. The molecule has 1 atom stereocenters. The number of aryl methyl sites for hydroxylation is 1. The van der Waals surface area contributed by atoms with Crippen LogP contribution in [0.1, 0.15) is 12.0 Å². The second-order valence-corrected chi connectivity index (χ2v) is 7.72. The van der Waals surface area contributed by atoms with E-state index in [0.717, 1.165) is 28.6 Å². The fraction of sp³-hybridized carbons (Fsp3) is 0.438. The number of pyridine rings is 1. The molecule has 7 nitrogen and oxygen atoms in total. The normalized spacial score (nSPS) is 13.6. The summed E-state index contributed by atoms with van der Waals surface area (Å²) in [6, 6.07) is 7.65. The minimum Gasteiger partial charge on any atom is -0.497 e. The van der Waals surface area contributed by atoms with Crippen molar-refractivity contribution in [1.82, 2.24) is 10.3 Å². The van der Waals surface area contributed by atoms with Gasteiger partial charge in [0, 0.05) is 29.2 Å². The molecule has 1 aromatic heterocycles. The van der Waals surface area contributed by atoms with Crippen LogP contribution >= 0.6 is 0 Å². The van der Waals surface area contributed by atoms with Crippen LogP contribution in [-0.2, 0) is 24.4 Å². The van der Waals surface area contributed by atoms with E-state index < -0.39 is 9.05 Å². The van der Waals surface area contributed by atoms with E-state index in [0.29, 0.717) is 25.6 Å². The molecule has 1 aromatic carbocycles. The lowest BCUT2D eigenvalue weighted by molar-refractivity contribution is 0.285. The van der Waals surface area contributed by atoms with Crippen molar-refractivity contribution in [2.24, 2.45) is 0 Å². The molecule has 2 rings (SSSR count). The Kier molecular flexibility index (Phi) is 7.33. The molecule has 0 aliphatic rings. The number of rotatable bonds is 10. The van der Waals surface area contributed by atoms with E-state index in [2.05, 4.69) is 25.7 Å². The highest BCUT2D eigenvalue weighted by Crippen LogP contribution is 2.25. The third kappa shape index (κ3) is 6.71. The van der Waals surface area contributed by atoms with Crippen molar-refractivity contribution in [3.05, 3.63) is 29.8 Å². The first-order valence-corrected chi connectivity index (χ1v) is 10.2. The van der Waals surface area contributed by atoms with Gasteiger partial charge in [0.15, 0.2) is 0 Å². The van der Waals surface area contributed by atoms with Gasteiger partial charge in [-0.25, -0.2) is 4.98 Å². The molecular weight excluding hydrogens is 364 g/mol. The lowest BCUT2D eigenvalue weighted by atomic mass is 10.1. The highest BCUT2D eigenvalue weighted by atomic mass is 32.9. The van der Waals surface area contributed by atoms with Crippen LogP contribution in [0.4, 0.5) is 0 Å². The number of benzene rings is 1. The van der Waals surface area contributed by atoms with Crippen LogP contribution in [0.25, 0.3) is 10.9 Å². The van der Waals surface area contributed by atoms with Crippen LogP contribution in [0.15, 0.2) is 24.3 Å². The molecule has 0 fully saturated rings. The molecular formula is C16H22N2O5S2. The molecule has 0 aliphatic heterocycles. The first-order valence-electron chi connectivity index (χ1n) is 7.80. The number of ether oxygens (including phenoxy) is 2. The zero-order valence-corrected chi connectivity index (χ0v) is 15.8. The number of fused-ring (bicyclic) bond motifs is 1. The Morgan fingerprint density at radius 2 is 2.08 bits per heavy atom. The Balaban J connectivity index is 1.76. The third-order valence-corrected chi connectivity index (χ3v) is 4.21. The van der Waals surface area contributed by atoms with Crippen molar-refractivity contribution in [2.75, 3.05) is 33.4 Å². The maximum absolute atomic E-state index is 10.7. The summed E-state index contributed by atoms with van der Waals surface area (Å²) in [7, 11) is -1.89. The summed E-state index contributed by atoms with van der Waals surface area (Å²) in [5.74, 6) is 1.39. The number of nitrogens with zero attached hydrogens (tertiary/aromatic N) is 1. The average molecular weight is 386 g/mol. The van der Waals surface area contributed by atoms with Crippen molar-refractivity contribution in [3.8, 4) is 11.6 Å². The summed E-state index contributed by atoms with van der Waals surface area (Å²) in [6.45, 7) is 3.76. The molecule has 0 saturated heterocycles. The number of nitrogens with one attached hydrogen (secondary N) is 1. The minimum absolute atomic E-state index is 0.0918. The van der Waals surface area contributed by atoms with Crippen LogP contribution in [0.2, 0.25) is 0 Å². The van der Waals surface area contributed by atoms with Gasteiger partial charge in [-0.2, -0.15) is 4.21 Å². The second-order valence-electron chi connectivity index (χ2n) is 5.36. The van der Waals surface area contributed by atoms with Gasteiger partial charge in [0.25, 0.3) is 9.05 Å². The molecule has 2 N–H and O–H groups in total. The molecule has 0 radical (unpaired) electrons. The molecule has 0 bridgehead atoms. The van der Waals surface area contributed by atoms with Crippen molar-refractivity contribution in [1.29, 1.82) is 0 Å². The summed E-state index contributed by atoms with van der Waals surface area (Å²) in [5.41, 5.74) is 1.94. The monoisotopic (exact) mass is 386 g/mol. The van der Waals surface area contributed by atoms with Crippen molar-refractivity contribution < 1.29 is 22.4 Å². The van der Waals surface area contributed by atoms with E-state index in [1.807, 2.05) is 31.2 Å². The fourth-order valence-corrected chi connectivity index (χ4v) is 2.76. The van der Waals surface area contributed by atoms with E-state index >= 15 is 0 Å². The molecule has 138 valence electrons. The van der Waals surface area contributed by atoms with E-state index in [4.69, 9.17) is 14.0 Å². The van der Waals surface area contributed by atoms with Gasteiger partial charge in [-0.15, -0.1) is 0 Å². The molecule has 2 aromatic rings. The molecule has 0 aliphatic carbocycles. The predicted molar refractivity (Wildman–Crippen MR) is 100 cm³/mol. The molecule has 9 heteroatoms. The Morgan fingerprint density at radius 3 is 2.80 bits per heavy atom. The van der Waals surface area contributed by atoms with Gasteiger partial charge in [0.05, 0.1) is 25.8 Å². The third-order valence-electron chi connectivity index (χ3n) is 3.46. The Hall–Kier alpha value is -1.52. The van der Waals surface area contributed by atoms with Crippen molar-refractivity contribution >= 4 is 31.1 Å². The first-order chi connectivity index (χ1) is 11.9. The standard InChI is InChI=1S/C16H22N2O5S2/c1-12-10-16(18-15-5-4-13(21-2)11-14(12)15)22-8-3-6-17-7-9-23-25(19,20)24/h4-5,10-11,17H,3,6-9H2,1-2H3,(H,19,20,24). The fourth-order valence-electron chi connectivity index (χ4n) is 2.26. The number of hydrogen-bond donors (Lipinski definition) is 2. The minimum atomic E-state index is -3.53. The van der Waals surface area contributed by atoms with Gasteiger partial charge in [-0.3, -0.25) is 8.74 Å². The topological polar surface area (TPSA) is 89.9 Å². The zero-order chi connectivity index (χ0) is 18.3. The van der Waals surface area contributed by atoms with Gasteiger partial charge < -0.3 is 14.8 Å². The van der Waals surface area contributed by atoms with E-state index in [1.54, 1.807) is 7.11 Å². The first kappa shape index (κ1) is 19.8. The maximum Gasteiger partial charge on any atom is 0.266 e. The number of hydrogen-bond acceptors (Lipinski definition) is 7. The Labute approximate surface area is 152 Å². The van der Waals surface area contributed by atoms with Crippen LogP contribution in [0, 0.1) is 6.92 Å². The van der Waals surface area contributed by atoms with Crippen molar-refractivity contribution in [2.45, 2.75) is 13.3 Å². The zero-order valence-electron chi connectivity index (χ0n) is 14.2. The summed E-state index contributed by atoms with van der Waals surface area (Å²) in [6.07, 6.45) is 0.768. The molecule has 0 amide bonds. The quantitative estimate of drug-likeness (QED) is 0.600. The van der Waals surface area contributed by atoms with Crippen LogP contribution < -0.4 is 14.8 Å². The van der Waals surface area contributed by atoms with Gasteiger partial charge >= 0.3 is 0 Å². The summed E-state index contributed by atoms with van der Waals surface area (Å²) >= 11 is 4.22. The SMILES string of the molecule is COc1ccc2nc(OCCCNCCOS(=O)(O)=S)cc(C)c2c1. The largest absolute Gasteiger partial charge is 0.497 e. The Bertz CT molecular complexity index is 812. The maximum atomic E-state index is 10.7. The smallest absolute Gasteiger partial charge is 0.266 e. The van der Waals surface area contributed by atoms with Crippen LogP contribution in [0.3, 0.4) is 0 Å². The molecule has 25 heavy (non-hydrogen) atoms. The highest BCUT2D eigenvalue weighted by Gasteiger charge is 2.05. The van der Waals surface area contributed by atoms with Crippen molar-refractivity contribution in [3.63, 3.8) is 0 Å². The van der Waals surface area contributed by atoms with Gasteiger partial charge in [0.1, 0.15) is 5.75 Å². The summed E-state index contributed by atoms with van der Waals surface area (Å²) < 4.78 is 35.0. The lowest BCUT2D eigenvalue weighted by Gasteiger charge is -2.10. The predicted octanol–water partition coefficient (Wildman–Crippen LogP) is 2.06. The van der Waals surface area contributed by atoms with Gasteiger partial charge in [-0.1, -0.05) is 0 Å². The van der Waals surface area contributed by atoms with E-state index in [9.17, 15) is 4.21 Å². The van der Waals surface area contributed by atoms with E-state index in [1.165, 1.54) is 0 Å². The molecule has 1 unspecified atom stereocenters. The Morgan fingerprint density at radius 1 is 1.28 bits per heavy atom. The van der Waals surface area contributed by atoms with Crippen LogP contribution in [0.5, 0.6) is 11.6 Å². The van der Waals surface area contributed by atoms with Crippen LogP contribution in [-0.4, -0.2) is 47.2 Å². The average Bonchev–Trinajstić information content (AvgIpc) is 2.56. The summed E-state index contributed by atoms with van der Waals surface area (Å²) in [5, 5.41) is 4.11. The van der Waals surface area contributed by atoms with E-state index in [-0.39, 0.29) is 6.61 Å². The summed E-state index contributed by atoms with van der Waals surface area (Å²) in [4.78, 5) is 4.50. The lowest BCUT2D eigenvalue weighted by Crippen LogP contribution is -2.23. The molecule has 0 spiro atoms. The second kappa shape index (κ2) is 9.25.